The molecule has 0 fully saturated rings. The predicted octanol–water partition coefficient (Wildman–Crippen LogP) is 2.52. The van der Waals surface area contributed by atoms with E-state index in [2.05, 4.69) is 5.32 Å². The molecule has 0 spiro atoms. The van der Waals surface area contributed by atoms with Gasteiger partial charge >= 0.3 is 0 Å². The second kappa shape index (κ2) is 8.82. The Kier molecular flexibility index (Phi) is 7.41. The lowest BCUT2D eigenvalue weighted by atomic mass is 10.1. The summed E-state index contributed by atoms with van der Waals surface area (Å²) in [4.78, 5) is 11.8. The van der Waals surface area contributed by atoms with Crippen LogP contribution in [0.4, 0.5) is 0 Å². The molecule has 0 heterocycles. The van der Waals surface area contributed by atoms with E-state index in [0.29, 0.717) is 23.7 Å². The summed E-state index contributed by atoms with van der Waals surface area (Å²) in [5.41, 5.74) is 6.42. The number of carbonyl (C=O) groups is 1. The summed E-state index contributed by atoms with van der Waals surface area (Å²) < 4.78 is 5.57. The summed E-state index contributed by atoms with van der Waals surface area (Å²) in [7, 11) is 0. The van der Waals surface area contributed by atoms with Crippen molar-refractivity contribution in [3.8, 4) is 5.75 Å². The van der Waals surface area contributed by atoms with Crippen molar-refractivity contribution in [2.24, 2.45) is 5.73 Å². The maximum absolute atomic E-state index is 11.8. The minimum absolute atomic E-state index is 0.00554. The molecule has 1 amide bonds. The van der Waals surface area contributed by atoms with E-state index in [1.165, 1.54) is 0 Å². The van der Waals surface area contributed by atoms with Crippen molar-refractivity contribution in [2.45, 2.75) is 39.2 Å². The molecule has 0 bridgehead atoms. The van der Waals surface area contributed by atoms with E-state index in [0.717, 1.165) is 18.4 Å². The molecule has 0 saturated carbocycles. The molecule has 112 valence electrons. The molecule has 3 N–H and O–H groups in total. The van der Waals surface area contributed by atoms with E-state index in [1.54, 1.807) is 18.2 Å². The molecule has 20 heavy (non-hydrogen) atoms. The highest BCUT2D eigenvalue weighted by Gasteiger charge is 2.11. The molecule has 0 aliphatic carbocycles. The van der Waals surface area contributed by atoms with Crippen molar-refractivity contribution < 1.29 is 9.53 Å². The van der Waals surface area contributed by atoms with Crippen LogP contribution in [0, 0.1) is 0 Å². The number of hydrogen-bond donors (Lipinski definition) is 2. The summed E-state index contributed by atoms with van der Waals surface area (Å²) in [6, 6.07) is 5.61. The van der Waals surface area contributed by atoms with Gasteiger partial charge in [-0.05, 0) is 37.9 Å². The van der Waals surface area contributed by atoms with Crippen molar-refractivity contribution in [3.63, 3.8) is 0 Å². The van der Waals surface area contributed by atoms with Gasteiger partial charge in [-0.3, -0.25) is 4.79 Å². The summed E-state index contributed by atoms with van der Waals surface area (Å²) in [5, 5.41) is 3.55. The molecule has 1 aromatic rings. The van der Waals surface area contributed by atoms with Gasteiger partial charge in [-0.1, -0.05) is 31.5 Å². The Morgan fingerprint density at radius 3 is 2.70 bits per heavy atom. The minimum atomic E-state index is -0.114. The Labute approximate surface area is 125 Å². The van der Waals surface area contributed by atoms with E-state index >= 15 is 0 Å². The van der Waals surface area contributed by atoms with E-state index in [9.17, 15) is 4.79 Å². The van der Waals surface area contributed by atoms with Crippen LogP contribution in [0.1, 0.15) is 32.3 Å². The average molecular weight is 299 g/mol. The third kappa shape index (κ3) is 5.02. The molecular formula is C15H23ClN2O2. The topological polar surface area (TPSA) is 64.3 Å². The first-order valence-electron chi connectivity index (χ1n) is 7.01. The monoisotopic (exact) mass is 298 g/mol. The fraction of sp³-hybridized carbons (Fsp3) is 0.533. The van der Waals surface area contributed by atoms with Crippen LogP contribution in [0.25, 0.3) is 0 Å². The van der Waals surface area contributed by atoms with Gasteiger partial charge in [0, 0.05) is 16.6 Å². The van der Waals surface area contributed by atoms with Gasteiger partial charge in [0.05, 0.1) is 0 Å². The first-order chi connectivity index (χ1) is 9.62. The van der Waals surface area contributed by atoms with Crippen LogP contribution in [0.2, 0.25) is 5.02 Å². The van der Waals surface area contributed by atoms with E-state index in [4.69, 9.17) is 22.1 Å². The molecular weight excluding hydrogens is 276 g/mol. The number of rotatable bonds is 8. The second-order valence-electron chi connectivity index (χ2n) is 4.62. The molecule has 5 heteroatoms. The Bertz CT molecular complexity index is 434. The predicted molar refractivity (Wildman–Crippen MR) is 82.2 cm³/mol. The zero-order chi connectivity index (χ0) is 15.0. The largest absolute Gasteiger partial charge is 0.483 e. The smallest absolute Gasteiger partial charge is 0.258 e. The zero-order valence-corrected chi connectivity index (χ0v) is 12.9. The van der Waals surface area contributed by atoms with Gasteiger partial charge in [0.25, 0.3) is 5.91 Å². The van der Waals surface area contributed by atoms with Crippen LogP contribution in [-0.4, -0.2) is 25.1 Å². The van der Waals surface area contributed by atoms with Crippen molar-refractivity contribution >= 4 is 17.5 Å². The van der Waals surface area contributed by atoms with Crippen LogP contribution in [-0.2, 0) is 11.2 Å². The molecule has 0 unspecified atom stereocenters. The Morgan fingerprint density at radius 2 is 2.10 bits per heavy atom. The fourth-order valence-corrected chi connectivity index (χ4v) is 2.23. The Hall–Kier alpha value is -1.26. The number of ether oxygens (including phenoxy) is 1. The lowest BCUT2D eigenvalue weighted by Gasteiger charge is -2.16. The van der Waals surface area contributed by atoms with Gasteiger partial charge in [0.15, 0.2) is 6.61 Å². The molecule has 1 rings (SSSR count). The molecule has 0 aliphatic rings. The van der Waals surface area contributed by atoms with Crippen LogP contribution in [0.15, 0.2) is 18.2 Å². The highest BCUT2D eigenvalue weighted by molar-refractivity contribution is 6.31. The lowest BCUT2D eigenvalue weighted by Crippen LogP contribution is -2.37. The molecule has 0 aliphatic heterocycles. The van der Waals surface area contributed by atoms with Gasteiger partial charge < -0.3 is 15.8 Å². The molecule has 1 aromatic carbocycles. The van der Waals surface area contributed by atoms with Crippen molar-refractivity contribution in [1.29, 1.82) is 0 Å². The SMILES string of the molecule is CCC(CC)NC(=O)COc1cccc(Cl)c1CCN. The highest BCUT2D eigenvalue weighted by Crippen LogP contribution is 2.26. The van der Waals surface area contributed by atoms with E-state index in [-0.39, 0.29) is 18.6 Å². The molecule has 0 atom stereocenters. The first kappa shape index (κ1) is 16.8. The van der Waals surface area contributed by atoms with Crippen molar-refractivity contribution in [3.05, 3.63) is 28.8 Å². The van der Waals surface area contributed by atoms with Crippen LogP contribution < -0.4 is 15.8 Å². The van der Waals surface area contributed by atoms with Crippen molar-refractivity contribution in [2.75, 3.05) is 13.2 Å². The average Bonchev–Trinajstić information content (AvgIpc) is 2.45. The highest BCUT2D eigenvalue weighted by atomic mass is 35.5. The zero-order valence-electron chi connectivity index (χ0n) is 12.1. The molecule has 0 saturated heterocycles. The number of hydrogen-bond acceptors (Lipinski definition) is 3. The van der Waals surface area contributed by atoms with E-state index < -0.39 is 0 Å². The summed E-state index contributed by atoms with van der Waals surface area (Å²) in [6.45, 7) is 4.58. The normalized spacial score (nSPS) is 10.7. The number of nitrogens with one attached hydrogen (secondary N) is 1. The Morgan fingerprint density at radius 1 is 1.40 bits per heavy atom. The third-order valence-corrected chi connectivity index (χ3v) is 3.53. The maximum atomic E-state index is 11.8. The number of nitrogens with two attached hydrogens (primary N) is 1. The maximum Gasteiger partial charge on any atom is 0.258 e. The number of halogens is 1. The first-order valence-corrected chi connectivity index (χ1v) is 7.39. The number of benzene rings is 1. The Balaban J connectivity index is 2.61. The third-order valence-electron chi connectivity index (χ3n) is 3.18. The summed E-state index contributed by atoms with van der Waals surface area (Å²) in [5.74, 6) is 0.514. The van der Waals surface area contributed by atoms with Crippen LogP contribution in [0.3, 0.4) is 0 Å². The molecule has 0 aromatic heterocycles. The van der Waals surface area contributed by atoms with Gasteiger partial charge in [-0.25, -0.2) is 0 Å². The van der Waals surface area contributed by atoms with Crippen LogP contribution in [0.5, 0.6) is 5.75 Å². The lowest BCUT2D eigenvalue weighted by molar-refractivity contribution is -0.123. The number of carbonyl (C=O) groups excluding carboxylic acids is 1. The summed E-state index contributed by atoms with van der Waals surface area (Å²) >= 11 is 6.12. The van der Waals surface area contributed by atoms with Gasteiger partial charge in [-0.2, -0.15) is 0 Å². The quantitative estimate of drug-likeness (QED) is 0.775. The van der Waals surface area contributed by atoms with Gasteiger partial charge in [-0.15, -0.1) is 0 Å². The van der Waals surface area contributed by atoms with Gasteiger partial charge in [0.1, 0.15) is 5.75 Å². The number of amides is 1. The van der Waals surface area contributed by atoms with Crippen molar-refractivity contribution in [1.82, 2.24) is 5.32 Å². The molecule has 4 nitrogen and oxygen atoms in total. The minimum Gasteiger partial charge on any atom is -0.483 e. The van der Waals surface area contributed by atoms with E-state index in [1.807, 2.05) is 13.8 Å². The van der Waals surface area contributed by atoms with Gasteiger partial charge in [0.2, 0.25) is 0 Å². The standard InChI is InChI=1S/C15H23ClN2O2/c1-3-11(4-2)18-15(19)10-20-14-7-5-6-13(16)12(14)8-9-17/h5-7,11H,3-4,8-10,17H2,1-2H3,(H,18,19). The molecule has 0 radical (unpaired) electrons. The summed E-state index contributed by atoms with van der Waals surface area (Å²) in [6.07, 6.45) is 2.46. The van der Waals surface area contributed by atoms with Crippen LogP contribution >= 0.6 is 11.6 Å². The second-order valence-corrected chi connectivity index (χ2v) is 5.03. The fourth-order valence-electron chi connectivity index (χ4n) is 1.97.